The van der Waals surface area contributed by atoms with Gasteiger partial charge in [0.15, 0.2) is 0 Å². The van der Waals surface area contributed by atoms with Gasteiger partial charge >= 0.3 is 5.97 Å². The number of likely N-dealkylation sites (tertiary alicyclic amines) is 1. The molecule has 1 saturated heterocycles. The van der Waals surface area contributed by atoms with E-state index in [4.69, 9.17) is 9.47 Å². The minimum absolute atomic E-state index is 0.0348. The van der Waals surface area contributed by atoms with Gasteiger partial charge in [0.1, 0.15) is 29.1 Å². The van der Waals surface area contributed by atoms with Gasteiger partial charge < -0.3 is 19.7 Å². The van der Waals surface area contributed by atoms with E-state index in [1.54, 1.807) is 23.1 Å². The van der Waals surface area contributed by atoms with E-state index < -0.39 is 17.5 Å². The fourth-order valence-electron chi connectivity index (χ4n) is 6.90. The molecule has 4 unspecified atom stereocenters. The molecule has 38 heavy (non-hydrogen) atoms. The van der Waals surface area contributed by atoms with Gasteiger partial charge in [0.05, 0.1) is 7.11 Å². The second-order valence-electron chi connectivity index (χ2n) is 12.1. The van der Waals surface area contributed by atoms with Gasteiger partial charge in [0.2, 0.25) is 11.8 Å². The fourth-order valence-corrected chi connectivity index (χ4v) is 6.90. The SMILES string of the molecule is COc1cc(/C=C/C(=O)NC2(C(=O)N3CCCC3C(=O)OC3CC4CCC3(C)C4(C)C)CC2)ccc1N=O. The molecule has 9 nitrogen and oxygen atoms in total. The molecule has 1 N–H and O–H groups in total. The molecule has 3 aliphatic carbocycles. The van der Waals surface area contributed by atoms with Crippen molar-refractivity contribution in [2.45, 2.75) is 83.4 Å². The van der Waals surface area contributed by atoms with Gasteiger partial charge in [-0.25, -0.2) is 4.79 Å². The normalized spacial score (nSPS) is 30.3. The highest BCUT2D eigenvalue weighted by molar-refractivity contribution is 6.00. The number of nitrogens with one attached hydrogen (secondary N) is 1. The van der Waals surface area contributed by atoms with Crippen molar-refractivity contribution in [3.63, 3.8) is 0 Å². The fraction of sp³-hybridized carbons (Fsp3) is 0.621. The van der Waals surface area contributed by atoms with Crippen molar-refractivity contribution in [1.82, 2.24) is 10.2 Å². The van der Waals surface area contributed by atoms with E-state index >= 15 is 0 Å². The van der Waals surface area contributed by atoms with Crippen molar-refractivity contribution in [1.29, 1.82) is 0 Å². The number of hydrogen-bond acceptors (Lipinski definition) is 7. The number of nitrogens with zero attached hydrogens (tertiary/aromatic N) is 2. The zero-order valence-corrected chi connectivity index (χ0v) is 22.6. The number of amides is 2. The Morgan fingerprint density at radius 3 is 2.50 bits per heavy atom. The van der Waals surface area contributed by atoms with Crippen LogP contribution in [0.5, 0.6) is 5.75 Å². The first-order valence-corrected chi connectivity index (χ1v) is 13.6. The smallest absolute Gasteiger partial charge is 0.329 e. The Kier molecular flexibility index (Phi) is 6.60. The van der Waals surface area contributed by atoms with Crippen LogP contribution in [0.2, 0.25) is 0 Å². The maximum Gasteiger partial charge on any atom is 0.329 e. The molecule has 5 rings (SSSR count). The molecule has 0 aromatic heterocycles. The van der Waals surface area contributed by atoms with Gasteiger partial charge in [-0.2, -0.15) is 0 Å². The Bertz CT molecular complexity index is 1190. The lowest BCUT2D eigenvalue weighted by molar-refractivity contribution is -0.165. The zero-order valence-electron chi connectivity index (χ0n) is 22.6. The molecule has 1 heterocycles. The maximum atomic E-state index is 13.6. The van der Waals surface area contributed by atoms with Crippen LogP contribution in [0.25, 0.3) is 6.08 Å². The number of esters is 1. The Hall–Kier alpha value is -3.23. The predicted octanol–water partition coefficient (Wildman–Crippen LogP) is 4.50. The van der Waals surface area contributed by atoms with Crippen LogP contribution in [0.15, 0.2) is 29.5 Å². The minimum Gasteiger partial charge on any atom is -0.494 e. The number of benzene rings is 1. The van der Waals surface area contributed by atoms with Crippen molar-refractivity contribution >= 4 is 29.5 Å². The number of carbonyl (C=O) groups is 3. The molecule has 3 saturated carbocycles. The second kappa shape index (κ2) is 9.50. The molecule has 0 radical (unpaired) electrons. The third-order valence-electron chi connectivity index (χ3n) is 10.0. The first-order chi connectivity index (χ1) is 18.0. The van der Waals surface area contributed by atoms with E-state index in [2.05, 4.69) is 31.3 Å². The Morgan fingerprint density at radius 1 is 1.13 bits per heavy atom. The molecular weight excluding hydrogens is 486 g/mol. The van der Waals surface area contributed by atoms with E-state index in [1.807, 2.05) is 0 Å². The van der Waals surface area contributed by atoms with E-state index in [0.29, 0.717) is 43.0 Å². The summed E-state index contributed by atoms with van der Waals surface area (Å²) < 4.78 is 11.3. The van der Waals surface area contributed by atoms with Gasteiger partial charge in [-0.3, -0.25) is 9.59 Å². The molecule has 1 aliphatic heterocycles. The number of hydrogen-bond donors (Lipinski definition) is 1. The highest BCUT2D eigenvalue weighted by Crippen LogP contribution is 2.66. The summed E-state index contributed by atoms with van der Waals surface area (Å²) in [4.78, 5) is 52.1. The summed E-state index contributed by atoms with van der Waals surface area (Å²) in [5.74, 6) is -0.0459. The van der Waals surface area contributed by atoms with Crippen LogP contribution in [0.1, 0.15) is 71.3 Å². The van der Waals surface area contributed by atoms with Gasteiger partial charge in [-0.15, -0.1) is 4.91 Å². The van der Waals surface area contributed by atoms with Gasteiger partial charge in [-0.1, -0.05) is 26.8 Å². The number of methoxy groups -OCH3 is 1. The summed E-state index contributed by atoms with van der Waals surface area (Å²) in [6.07, 6.45) is 8.34. The molecule has 4 atom stereocenters. The van der Waals surface area contributed by atoms with Crippen molar-refractivity contribution in [3.05, 3.63) is 34.7 Å². The van der Waals surface area contributed by atoms with Gasteiger partial charge in [0, 0.05) is 18.0 Å². The molecule has 0 spiro atoms. The Balaban J connectivity index is 1.21. The number of fused-ring (bicyclic) bond motifs is 2. The molecule has 2 amide bonds. The topological polar surface area (TPSA) is 114 Å². The zero-order chi connectivity index (χ0) is 27.3. The molecule has 204 valence electrons. The largest absolute Gasteiger partial charge is 0.494 e. The van der Waals surface area contributed by atoms with Gasteiger partial charge in [-0.05, 0) is 85.2 Å². The van der Waals surface area contributed by atoms with Gasteiger partial charge in [0.25, 0.3) is 0 Å². The average molecular weight is 524 g/mol. The molecule has 2 bridgehead atoms. The second-order valence-corrected chi connectivity index (χ2v) is 12.1. The molecular formula is C29H37N3O6. The summed E-state index contributed by atoms with van der Waals surface area (Å²) >= 11 is 0. The summed E-state index contributed by atoms with van der Waals surface area (Å²) in [5.41, 5.74) is -0.0491. The summed E-state index contributed by atoms with van der Waals surface area (Å²) in [6, 6.07) is 4.17. The molecule has 4 fully saturated rings. The van der Waals surface area contributed by atoms with Crippen LogP contribution < -0.4 is 10.1 Å². The Labute approximate surface area is 223 Å². The standard InChI is InChI=1S/C29H37N3O6/c1-27(2)19-11-12-28(27,3)23(17-19)38-25(34)21-6-5-15-32(21)26(35)29(13-14-29)30-24(33)10-8-18-7-9-20(31-36)22(16-18)37-4/h7-10,16,19,21,23H,5-6,11-15,17H2,1-4H3,(H,30,33)/b10-8+. The lowest BCUT2D eigenvalue weighted by Gasteiger charge is -2.39. The summed E-state index contributed by atoms with van der Waals surface area (Å²) in [5, 5.41) is 5.77. The summed E-state index contributed by atoms with van der Waals surface area (Å²) in [6.45, 7) is 7.29. The van der Waals surface area contributed by atoms with Crippen LogP contribution >= 0.6 is 0 Å². The Morgan fingerprint density at radius 2 is 1.89 bits per heavy atom. The van der Waals surface area contributed by atoms with Crippen molar-refractivity contribution in [2.75, 3.05) is 13.7 Å². The van der Waals surface area contributed by atoms with Crippen LogP contribution in [0.3, 0.4) is 0 Å². The predicted molar refractivity (Wildman–Crippen MR) is 141 cm³/mol. The van der Waals surface area contributed by atoms with E-state index in [-0.39, 0.29) is 34.5 Å². The number of rotatable bonds is 8. The quantitative estimate of drug-likeness (QED) is 0.305. The first kappa shape index (κ1) is 26.4. The highest BCUT2D eigenvalue weighted by Gasteiger charge is 2.63. The van der Waals surface area contributed by atoms with Crippen LogP contribution in [0.4, 0.5) is 5.69 Å². The highest BCUT2D eigenvalue weighted by atomic mass is 16.5. The third kappa shape index (κ3) is 4.29. The number of nitroso groups, excluding NO2 is 1. The first-order valence-electron chi connectivity index (χ1n) is 13.6. The maximum absolute atomic E-state index is 13.6. The van der Waals surface area contributed by atoms with Crippen LogP contribution in [0, 0.1) is 21.7 Å². The third-order valence-corrected chi connectivity index (χ3v) is 10.0. The number of carbonyl (C=O) groups excluding carboxylic acids is 3. The average Bonchev–Trinajstić information content (AvgIpc) is 3.37. The summed E-state index contributed by atoms with van der Waals surface area (Å²) in [7, 11) is 1.44. The van der Waals surface area contributed by atoms with Crippen LogP contribution in [-0.2, 0) is 19.1 Å². The van der Waals surface area contributed by atoms with Crippen molar-refractivity contribution in [2.24, 2.45) is 21.9 Å². The van der Waals surface area contributed by atoms with E-state index in [0.717, 1.165) is 19.3 Å². The molecule has 1 aromatic rings. The lowest BCUT2D eigenvalue weighted by atomic mass is 9.70. The number of ether oxygens (including phenoxy) is 2. The van der Waals surface area contributed by atoms with Crippen LogP contribution in [-0.4, -0.2) is 54.0 Å². The molecule has 1 aromatic carbocycles. The minimum atomic E-state index is -0.978. The molecule has 9 heteroatoms. The van der Waals surface area contributed by atoms with Crippen molar-refractivity contribution in [3.8, 4) is 5.75 Å². The van der Waals surface area contributed by atoms with E-state index in [1.165, 1.54) is 25.7 Å². The van der Waals surface area contributed by atoms with Crippen molar-refractivity contribution < 1.29 is 23.9 Å². The molecule has 4 aliphatic rings. The lowest BCUT2D eigenvalue weighted by Crippen LogP contribution is -2.54. The monoisotopic (exact) mass is 523 g/mol. The van der Waals surface area contributed by atoms with E-state index in [9.17, 15) is 19.3 Å².